The first-order valence-corrected chi connectivity index (χ1v) is 8.13. The third kappa shape index (κ3) is 3.39. The van der Waals surface area contributed by atoms with Gasteiger partial charge in [-0.25, -0.2) is 9.48 Å². The number of carbonyl (C=O) groups is 1. The molecule has 2 aromatic carbocycles. The Hall–Kier alpha value is -3.11. The van der Waals surface area contributed by atoms with Crippen molar-refractivity contribution in [2.24, 2.45) is 0 Å². The van der Waals surface area contributed by atoms with Gasteiger partial charge in [0.15, 0.2) is 0 Å². The summed E-state index contributed by atoms with van der Waals surface area (Å²) in [4.78, 5) is 10.9. The number of anilines is 1. The van der Waals surface area contributed by atoms with Gasteiger partial charge >= 0.3 is 5.97 Å². The number of nitrogen functional groups attached to an aromatic ring is 1. The molecule has 3 aromatic rings. The van der Waals surface area contributed by atoms with Crippen LogP contribution in [0.1, 0.15) is 21.5 Å². The Morgan fingerprint density at radius 1 is 1.20 bits per heavy atom. The summed E-state index contributed by atoms with van der Waals surface area (Å²) in [6.07, 6.45) is 0. The lowest BCUT2D eigenvalue weighted by Gasteiger charge is -2.04. The summed E-state index contributed by atoms with van der Waals surface area (Å²) < 4.78 is 2.48. The van der Waals surface area contributed by atoms with Crippen LogP contribution in [0.4, 0.5) is 5.82 Å². The average Bonchev–Trinajstić information content (AvgIpc) is 2.92. The van der Waals surface area contributed by atoms with E-state index in [0.717, 1.165) is 15.6 Å². The number of halogens is 1. The molecule has 1 heterocycles. The predicted octanol–water partition coefficient (Wildman–Crippen LogP) is 3.51. The lowest BCUT2D eigenvalue weighted by molar-refractivity contribution is 0.0697. The smallest absolute Gasteiger partial charge is 0.335 e. The van der Waals surface area contributed by atoms with Gasteiger partial charge in [-0.15, -0.1) is 0 Å². The van der Waals surface area contributed by atoms with Crippen LogP contribution in [0.2, 0.25) is 0 Å². The van der Waals surface area contributed by atoms with E-state index < -0.39 is 5.97 Å². The highest BCUT2D eigenvalue weighted by Crippen LogP contribution is 2.28. The Kier molecular flexibility index (Phi) is 4.55. The number of carboxylic acids is 1. The molecule has 0 radical (unpaired) electrons. The predicted molar refractivity (Wildman–Crippen MR) is 97.0 cm³/mol. The van der Waals surface area contributed by atoms with Crippen LogP contribution in [-0.2, 0) is 6.54 Å². The van der Waals surface area contributed by atoms with Crippen molar-refractivity contribution in [3.8, 4) is 17.3 Å². The maximum Gasteiger partial charge on any atom is 0.335 e. The first-order valence-electron chi connectivity index (χ1n) is 7.34. The summed E-state index contributed by atoms with van der Waals surface area (Å²) in [5.74, 6) is -0.697. The van der Waals surface area contributed by atoms with Crippen molar-refractivity contribution in [1.82, 2.24) is 9.78 Å². The average molecular weight is 397 g/mol. The SMILES string of the molecule is N#Cc1c(-c2ccc(Br)cc2)nn(Cc2ccc(C(=O)O)cc2)c1N. The lowest BCUT2D eigenvalue weighted by atomic mass is 10.1. The van der Waals surface area contributed by atoms with E-state index >= 15 is 0 Å². The Morgan fingerprint density at radius 2 is 1.84 bits per heavy atom. The molecule has 0 spiro atoms. The van der Waals surface area contributed by atoms with Crippen molar-refractivity contribution in [2.45, 2.75) is 6.54 Å². The fraction of sp³-hybridized carbons (Fsp3) is 0.0556. The zero-order valence-electron chi connectivity index (χ0n) is 13.0. The van der Waals surface area contributed by atoms with E-state index in [1.54, 1.807) is 16.8 Å². The third-order valence-electron chi connectivity index (χ3n) is 3.75. The van der Waals surface area contributed by atoms with Gasteiger partial charge in [-0.05, 0) is 29.8 Å². The summed E-state index contributed by atoms with van der Waals surface area (Å²) in [6, 6.07) is 16.0. The van der Waals surface area contributed by atoms with Gasteiger partial charge in [0.05, 0.1) is 12.1 Å². The maximum absolute atomic E-state index is 10.9. The zero-order valence-corrected chi connectivity index (χ0v) is 14.6. The van der Waals surface area contributed by atoms with Gasteiger partial charge < -0.3 is 10.8 Å². The molecule has 0 saturated carbocycles. The first-order chi connectivity index (χ1) is 12.0. The van der Waals surface area contributed by atoms with Gasteiger partial charge in [-0.2, -0.15) is 10.4 Å². The molecule has 3 N–H and O–H groups in total. The van der Waals surface area contributed by atoms with E-state index in [-0.39, 0.29) is 11.4 Å². The molecule has 124 valence electrons. The topological polar surface area (TPSA) is 105 Å². The van der Waals surface area contributed by atoms with Crippen LogP contribution in [-0.4, -0.2) is 20.9 Å². The number of aromatic nitrogens is 2. The van der Waals surface area contributed by atoms with E-state index in [9.17, 15) is 10.1 Å². The monoisotopic (exact) mass is 396 g/mol. The number of rotatable bonds is 4. The molecule has 0 aliphatic heterocycles. The minimum absolute atomic E-state index is 0.213. The van der Waals surface area contributed by atoms with Gasteiger partial charge in [0, 0.05) is 10.0 Å². The van der Waals surface area contributed by atoms with Gasteiger partial charge in [0.2, 0.25) is 0 Å². The first kappa shape index (κ1) is 16.7. The Labute approximate surface area is 152 Å². The van der Waals surface area contributed by atoms with Crippen LogP contribution in [0.15, 0.2) is 53.0 Å². The highest BCUT2D eigenvalue weighted by Gasteiger charge is 2.17. The molecule has 25 heavy (non-hydrogen) atoms. The van der Waals surface area contributed by atoms with Gasteiger partial charge in [0.1, 0.15) is 23.1 Å². The van der Waals surface area contributed by atoms with Gasteiger partial charge in [-0.1, -0.05) is 40.2 Å². The summed E-state index contributed by atoms with van der Waals surface area (Å²) in [6.45, 7) is 0.344. The molecule has 0 unspecified atom stereocenters. The number of nitriles is 1. The van der Waals surface area contributed by atoms with Gasteiger partial charge in [0.25, 0.3) is 0 Å². The van der Waals surface area contributed by atoms with Crippen LogP contribution >= 0.6 is 15.9 Å². The van der Waals surface area contributed by atoms with Crippen molar-refractivity contribution in [1.29, 1.82) is 5.26 Å². The van der Waals surface area contributed by atoms with Crippen LogP contribution < -0.4 is 5.73 Å². The second-order valence-electron chi connectivity index (χ2n) is 5.39. The van der Waals surface area contributed by atoms with E-state index in [1.807, 2.05) is 24.3 Å². The molecule has 0 fully saturated rings. The molecule has 0 atom stereocenters. The molecule has 0 amide bonds. The van der Waals surface area contributed by atoms with E-state index in [1.165, 1.54) is 12.1 Å². The number of aromatic carboxylic acids is 1. The van der Waals surface area contributed by atoms with Crippen molar-refractivity contribution in [3.63, 3.8) is 0 Å². The Bertz CT molecular complexity index is 970. The highest BCUT2D eigenvalue weighted by atomic mass is 79.9. The van der Waals surface area contributed by atoms with E-state index in [0.29, 0.717) is 17.8 Å². The fourth-order valence-corrected chi connectivity index (χ4v) is 2.71. The minimum atomic E-state index is -0.977. The largest absolute Gasteiger partial charge is 0.478 e. The van der Waals surface area contributed by atoms with Crippen LogP contribution in [0.3, 0.4) is 0 Å². The molecule has 6 nitrogen and oxygen atoms in total. The highest BCUT2D eigenvalue weighted by molar-refractivity contribution is 9.10. The van der Waals surface area contributed by atoms with E-state index in [4.69, 9.17) is 10.8 Å². The second-order valence-corrected chi connectivity index (χ2v) is 6.30. The van der Waals surface area contributed by atoms with Crippen molar-refractivity contribution < 1.29 is 9.90 Å². The van der Waals surface area contributed by atoms with Crippen molar-refractivity contribution in [2.75, 3.05) is 5.73 Å². The standard InChI is InChI=1S/C18H13BrN4O2/c19-14-7-5-12(6-8-14)16-15(9-20)17(21)23(22-16)10-11-1-3-13(4-2-11)18(24)25/h1-8H,10,21H2,(H,24,25). The quantitative estimate of drug-likeness (QED) is 0.701. The summed E-state index contributed by atoms with van der Waals surface area (Å²) in [5, 5.41) is 22.9. The van der Waals surface area contributed by atoms with Crippen molar-refractivity contribution >= 4 is 27.7 Å². The molecule has 0 aliphatic carbocycles. The molecule has 0 aliphatic rings. The number of benzene rings is 2. The Morgan fingerprint density at radius 3 is 2.40 bits per heavy atom. The van der Waals surface area contributed by atoms with Crippen molar-refractivity contribution in [3.05, 3.63) is 69.7 Å². The molecular weight excluding hydrogens is 384 g/mol. The molecule has 0 saturated heterocycles. The van der Waals surface area contributed by atoms with Crippen LogP contribution in [0.25, 0.3) is 11.3 Å². The summed E-state index contributed by atoms with van der Waals surface area (Å²) in [7, 11) is 0. The van der Waals surface area contributed by atoms with Gasteiger partial charge in [-0.3, -0.25) is 0 Å². The van der Waals surface area contributed by atoms with E-state index in [2.05, 4.69) is 27.1 Å². The summed E-state index contributed by atoms with van der Waals surface area (Å²) >= 11 is 3.38. The summed E-state index contributed by atoms with van der Waals surface area (Å²) in [5.41, 5.74) is 8.78. The number of nitrogens with two attached hydrogens (primary N) is 1. The van der Waals surface area contributed by atoms with Crippen LogP contribution in [0.5, 0.6) is 0 Å². The normalized spacial score (nSPS) is 10.4. The minimum Gasteiger partial charge on any atom is -0.478 e. The zero-order chi connectivity index (χ0) is 18.0. The van der Waals surface area contributed by atoms with Crippen LogP contribution in [0, 0.1) is 11.3 Å². The molecule has 0 bridgehead atoms. The number of carboxylic acid groups (broad SMARTS) is 1. The second kappa shape index (κ2) is 6.79. The fourth-order valence-electron chi connectivity index (χ4n) is 2.44. The third-order valence-corrected chi connectivity index (χ3v) is 4.28. The molecule has 7 heteroatoms. The molecule has 1 aromatic heterocycles. The number of hydrogen-bond acceptors (Lipinski definition) is 4. The number of nitrogens with zero attached hydrogens (tertiary/aromatic N) is 3. The molecule has 3 rings (SSSR count). The number of hydrogen-bond donors (Lipinski definition) is 2. The lowest BCUT2D eigenvalue weighted by Crippen LogP contribution is -2.06. The maximum atomic E-state index is 10.9. The molecular formula is C18H13BrN4O2. The Balaban J connectivity index is 1.96.